The summed E-state index contributed by atoms with van der Waals surface area (Å²) in [5.74, 6) is 1.96. The quantitative estimate of drug-likeness (QED) is 0.412. The molecule has 32 heavy (non-hydrogen) atoms. The van der Waals surface area contributed by atoms with Gasteiger partial charge in [0.15, 0.2) is 5.76 Å². The number of anilines is 1. The second kappa shape index (κ2) is 8.39. The van der Waals surface area contributed by atoms with Gasteiger partial charge in [-0.25, -0.2) is 4.98 Å². The fraction of sp³-hybridized carbons (Fsp3) is 0.0800. The van der Waals surface area contributed by atoms with Gasteiger partial charge in [-0.15, -0.1) is 0 Å². The number of nitrogens with one attached hydrogen (secondary N) is 1. The maximum Gasteiger partial charge on any atom is 0.255 e. The molecule has 2 aromatic heterocycles. The Labute approximate surface area is 184 Å². The molecule has 0 aliphatic heterocycles. The highest BCUT2D eigenvalue weighted by atomic mass is 16.5. The summed E-state index contributed by atoms with van der Waals surface area (Å²) in [6, 6.07) is 22.3. The summed E-state index contributed by atoms with van der Waals surface area (Å²) in [7, 11) is 1.92. The van der Waals surface area contributed by atoms with Crippen LogP contribution in [0.15, 0.2) is 89.7 Å². The zero-order valence-electron chi connectivity index (χ0n) is 17.4. The topological polar surface area (TPSA) is 82.2 Å². The van der Waals surface area contributed by atoms with E-state index in [2.05, 4.69) is 15.5 Å². The number of aromatic nitrogens is 3. The van der Waals surface area contributed by atoms with E-state index in [0.717, 1.165) is 16.8 Å². The second-order valence-electron chi connectivity index (χ2n) is 7.33. The Morgan fingerprint density at radius 2 is 1.88 bits per heavy atom. The number of ether oxygens (including phenoxy) is 1. The molecule has 0 radical (unpaired) electrons. The number of rotatable bonds is 6. The van der Waals surface area contributed by atoms with Crippen molar-refractivity contribution in [2.45, 2.75) is 6.61 Å². The second-order valence-corrected chi connectivity index (χ2v) is 7.33. The first-order chi connectivity index (χ1) is 15.7. The van der Waals surface area contributed by atoms with Gasteiger partial charge in [0, 0.05) is 36.3 Å². The number of carbonyl (C=O) groups is 1. The van der Waals surface area contributed by atoms with Crippen LogP contribution in [0.1, 0.15) is 16.2 Å². The molecule has 7 nitrogen and oxygen atoms in total. The molecule has 0 atom stereocenters. The summed E-state index contributed by atoms with van der Waals surface area (Å²) in [6.45, 7) is 0.373. The molecule has 1 N–H and O–H groups in total. The molecule has 3 aromatic carbocycles. The molecule has 5 rings (SSSR count). The third-order valence-corrected chi connectivity index (χ3v) is 5.18. The standard InChI is InChI=1S/C25H20N4O3/c1-29-14-13-26-23(29)16-31-20-10-8-19(9-11-20)27-25(30)18-7-12-22-21(15-18)24(32-28-22)17-5-3-2-4-6-17/h2-15H,16H2,1H3,(H,27,30). The van der Waals surface area contributed by atoms with Crippen molar-refractivity contribution in [1.29, 1.82) is 0 Å². The van der Waals surface area contributed by atoms with Crippen molar-refractivity contribution in [3.63, 3.8) is 0 Å². The molecule has 158 valence electrons. The summed E-state index contributed by atoms with van der Waals surface area (Å²) < 4.78 is 13.2. The van der Waals surface area contributed by atoms with Gasteiger partial charge in [0.2, 0.25) is 0 Å². The fourth-order valence-electron chi connectivity index (χ4n) is 3.40. The van der Waals surface area contributed by atoms with Crippen LogP contribution in [-0.4, -0.2) is 20.6 Å². The Bertz CT molecular complexity index is 1370. The van der Waals surface area contributed by atoms with Gasteiger partial charge in [-0.1, -0.05) is 35.5 Å². The Morgan fingerprint density at radius 3 is 2.62 bits per heavy atom. The Balaban J connectivity index is 1.30. The average Bonchev–Trinajstić information content (AvgIpc) is 3.44. The number of hydrogen-bond donors (Lipinski definition) is 1. The summed E-state index contributed by atoms with van der Waals surface area (Å²) >= 11 is 0. The number of hydrogen-bond acceptors (Lipinski definition) is 5. The molecule has 0 saturated carbocycles. The van der Waals surface area contributed by atoms with Gasteiger partial charge < -0.3 is 19.1 Å². The lowest BCUT2D eigenvalue weighted by Crippen LogP contribution is -2.11. The Kier molecular flexibility index (Phi) is 5.13. The van der Waals surface area contributed by atoms with Crippen molar-refractivity contribution < 1.29 is 14.1 Å². The minimum Gasteiger partial charge on any atom is -0.486 e. The van der Waals surface area contributed by atoms with E-state index in [9.17, 15) is 4.79 Å². The number of aryl methyl sites for hydroxylation is 1. The smallest absolute Gasteiger partial charge is 0.255 e. The summed E-state index contributed by atoms with van der Waals surface area (Å²) in [5, 5.41) is 7.82. The van der Waals surface area contributed by atoms with Crippen LogP contribution >= 0.6 is 0 Å². The van der Waals surface area contributed by atoms with Gasteiger partial charge in [-0.05, 0) is 42.5 Å². The highest BCUT2D eigenvalue weighted by molar-refractivity contribution is 6.07. The van der Waals surface area contributed by atoms with E-state index in [1.54, 1.807) is 36.5 Å². The van der Waals surface area contributed by atoms with Crippen LogP contribution in [0.2, 0.25) is 0 Å². The first kappa shape index (κ1) is 19.6. The highest BCUT2D eigenvalue weighted by Crippen LogP contribution is 2.29. The molecule has 5 aromatic rings. The monoisotopic (exact) mass is 424 g/mol. The van der Waals surface area contributed by atoms with Gasteiger partial charge in [-0.2, -0.15) is 0 Å². The molecule has 0 bridgehead atoms. The third kappa shape index (κ3) is 3.96. The number of carbonyl (C=O) groups excluding carboxylic acids is 1. The molecular formula is C25H20N4O3. The third-order valence-electron chi connectivity index (χ3n) is 5.18. The predicted octanol–water partition coefficient (Wildman–Crippen LogP) is 5.06. The Hall–Kier alpha value is -4.39. The lowest BCUT2D eigenvalue weighted by atomic mass is 10.1. The number of imidazole rings is 1. The van der Waals surface area contributed by atoms with Crippen molar-refractivity contribution >= 4 is 22.5 Å². The summed E-state index contributed by atoms with van der Waals surface area (Å²) in [4.78, 5) is 17.1. The van der Waals surface area contributed by atoms with E-state index >= 15 is 0 Å². The van der Waals surface area contributed by atoms with Crippen molar-refractivity contribution in [2.75, 3.05) is 5.32 Å². The minimum absolute atomic E-state index is 0.214. The van der Waals surface area contributed by atoms with Crippen LogP contribution in [0.25, 0.3) is 22.2 Å². The lowest BCUT2D eigenvalue weighted by molar-refractivity contribution is 0.102. The van der Waals surface area contributed by atoms with Crippen LogP contribution in [0.5, 0.6) is 5.75 Å². The van der Waals surface area contributed by atoms with Crippen LogP contribution < -0.4 is 10.1 Å². The van der Waals surface area contributed by atoms with E-state index in [1.807, 2.05) is 60.3 Å². The molecule has 1 amide bonds. The van der Waals surface area contributed by atoms with Crippen molar-refractivity contribution in [1.82, 2.24) is 14.7 Å². The summed E-state index contributed by atoms with van der Waals surface area (Å²) in [5.41, 5.74) is 2.81. The van der Waals surface area contributed by atoms with E-state index in [-0.39, 0.29) is 5.91 Å². The Morgan fingerprint density at radius 1 is 1.06 bits per heavy atom. The molecule has 0 fully saturated rings. The van der Waals surface area contributed by atoms with Gasteiger partial charge in [0.05, 0.1) is 5.39 Å². The molecule has 0 aliphatic rings. The maximum atomic E-state index is 12.8. The number of benzene rings is 3. The van der Waals surface area contributed by atoms with Gasteiger partial charge in [0.1, 0.15) is 23.7 Å². The number of nitrogens with zero attached hydrogens (tertiary/aromatic N) is 3. The van der Waals surface area contributed by atoms with E-state index in [0.29, 0.717) is 34.9 Å². The molecule has 2 heterocycles. The normalized spacial score (nSPS) is 10.9. The minimum atomic E-state index is -0.214. The average molecular weight is 424 g/mol. The van der Waals surface area contributed by atoms with E-state index in [4.69, 9.17) is 9.26 Å². The number of amides is 1. The highest BCUT2D eigenvalue weighted by Gasteiger charge is 2.14. The zero-order valence-corrected chi connectivity index (χ0v) is 17.4. The maximum absolute atomic E-state index is 12.8. The fourth-order valence-corrected chi connectivity index (χ4v) is 3.40. The predicted molar refractivity (Wildman–Crippen MR) is 121 cm³/mol. The van der Waals surface area contributed by atoms with E-state index < -0.39 is 0 Å². The van der Waals surface area contributed by atoms with Gasteiger partial charge in [-0.3, -0.25) is 4.79 Å². The van der Waals surface area contributed by atoms with Gasteiger partial charge in [0.25, 0.3) is 5.91 Å². The SMILES string of the molecule is Cn1ccnc1COc1ccc(NC(=O)c2ccc3noc(-c4ccccc4)c3c2)cc1. The van der Waals surface area contributed by atoms with Crippen molar-refractivity contribution in [3.8, 4) is 17.1 Å². The molecule has 7 heteroatoms. The first-order valence-corrected chi connectivity index (χ1v) is 10.1. The first-order valence-electron chi connectivity index (χ1n) is 10.1. The molecule has 0 unspecified atom stereocenters. The van der Waals surface area contributed by atoms with E-state index in [1.165, 1.54) is 0 Å². The molecule has 0 saturated heterocycles. The zero-order chi connectivity index (χ0) is 21.9. The number of fused-ring (bicyclic) bond motifs is 1. The van der Waals surface area contributed by atoms with Crippen LogP contribution in [0.3, 0.4) is 0 Å². The lowest BCUT2D eigenvalue weighted by Gasteiger charge is -2.09. The largest absolute Gasteiger partial charge is 0.486 e. The van der Waals surface area contributed by atoms with Gasteiger partial charge >= 0.3 is 0 Å². The van der Waals surface area contributed by atoms with Crippen molar-refractivity contribution in [2.24, 2.45) is 7.05 Å². The van der Waals surface area contributed by atoms with Crippen molar-refractivity contribution in [3.05, 3.63) is 96.6 Å². The molecular weight excluding hydrogens is 404 g/mol. The molecule has 0 spiro atoms. The molecule has 0 aliphatic carbocycles. The van der Waals surface area contributed by atoms with Crippen LogP contribution in [0, 0.1) is 0 Å². The summed E-state index contributed by atoms with van der Waals surface area (Å²) in [6.07, 6.45) is 3.61. The van der Waals surface area contributed by atoms with Crippen LogP contribution in [-0.2, 0) is 13.7 Å². The van der Waals surface area contributed by atoms with Crippen LogP contribution in [0.4, 0.5) is 5.69 Å².